The minimum absolute atomic E-state index is 0.0761. The van der Waals surface area contributed by atoms with Crippen molar-refractivity contribution < 1.29 is 31.1 Å². The zero-order chi connectivity index (χ0) is 21.1. The van der Waals surface area contributed by atoms with Gasteiger partial charge in [-0.1, -0.05) is 11.6 Å². The van der Waals surface area contributed by atoms with Crippen molar-refractivity contribution >= 4 is 33.2 Å². The molecule has 11 heteroatoms. The molecule has 2 aromatic carbocycles. The van der Waals surface area contributed by atoms with Crippen LogP contribution in [-0.4, -0.2) is 27.5 Å². The number of carbonyl (C=O) groups excluding carboxylic acids is 1. The molecule has 2 aromatic rings. The molecule has 0 fully saturated rings. The van der Waals surface area contributed by atoms with Gasteiger partial charge in [-0.2, -0.15) is 17.9 Å². The molecular formula is C17H16ClF3N2O4S. The first-order chi connectivity index (χ1) is 12.9. The van der Waals surface area contributed by atoms with E-state index in [0.29, 0.717) is 0 Å². The number of hydrogen-bond donors (Lipinski definition) is 2. The number of hydrogen-bond acceptors (Lipinski definition) is 4. The van der Waals surface area contributed by atoms with Crippen LogP contribution in [0, 0.1) is 0 Å². The number of halogens is 4. The van der Waals surface area contributed by atoms with Crippen LogP contribution >= 0.6 is 11.6 Å². The van der Waals surface area contributed by atoms with Crippen molar-refractivity contribution in [3.05, 3.63) is 53.1 Å². The van der Waals surface area contributed by atoms with Crippen LogP contribution < -0.4 is 14.8 Å². The molecule has 0 unspecified atom stereocenters. The fourth-order valence-corrected chi connectivity index (χ4v) is 3.71. The lowest BCUT2D eigenvalue weighted by molar-refractivity contribution is -0.137. The van der Waals surface area contributed by atoms with E-state index in [-0.39, 0.29) is 21.4 Å². The Hall–Kier alpha value is -2.30. The third kappa shape index (κ3) is 5.37. The molecule has 0 heterocycles. The van der Waals surface area contributed by atoms with Gasteiger partial charge in [0.25, 0.3) is 0 Å². The molecule has 0 bridgehead atoms. The molecule has 152 valence electrons. The number of benzene rings is 2. The molecule has 1 amide bonds. The predicted molar refractivity (Wildman–Crippen MR) is 97.9 cm³/mol. The molecule has 1 atom stereocenters. The second-order valence-corrected chi connectivity index (χ2v) is 7.82. The number of sulfonamides is 1. The molecule has 0 aliphatic rings. The Morgan fingerprint density at radius 2 is 1.75 bits per heavy atom. The van der Waals surface area contributed by atoms with Crippen LogP contribution in [0.15, 0.2) is 47.4 Å². The second-order valence-electron chi connectivity index (χ2n) is 5.70. The summed E-state index contributed by atoms with van der Waals surface area (Å²) < 4.78 is 69.6. The van der Waals surface area contributed by atoms with Crippen molar-refractivity contribution in [3.63, 3.8) is 0 Å². The monoisotopic (exact) mass is 436 g/mol. The van der Waals surface area contributed by atoms with Crippen LogP contribution in [0.3, 0.4) is 0 Å². The smallest absolute Gasteiger partial charge is 0.416 e. The van der Waals surface area contributed by atoms with Crippen LogP contribution in [0.5, 0.6) is 5.75 Å². The standard InChI is InChI=1S/C17H16ClF3N2O4S/c1-10(16(24)22-12-5-3-11(4-6-12)17(19,20)21)23-28(25,26)13-7-8-15(27-2)14(18)9-13/h3-10,23H,1-2H3,(H,22,24)/t10-/m1/s1. The summed E-state index contributed by atoms with van der Waals surface area (Å²) in [7, 11) is -2.69. The highest BCUT2D eigenvalue weighted by molar-refractivity contribution is 7.89. The van der Waals surface area contributed by atoms with Crippen molar-refractivity contribution in [2.75, 3.05) is 12.4 Å². The van der Waals surface area contributed by atoms with Gasteiger partial charge in [0.15, 0.2) is 0 Å². The minimum Gasteiger partial charge on any atom is -0.495 e. The molecule has 0 spiro atoms. The lowest BCUT2D eigenvalue weighted by Gasteiger charge is -2.15. The Bertz CT molecular complexity index is 963. The number of ether oxygens (including phenoxy) is 1. The Morgan fingerprint density at radius 3 is 2.25 bits per heavy atom. The van der Waals surface area contributed by atoms with E-state index < -0.39 is 33.7 Å². The third-order valence-electron chi connectivity index (χ3n) is 3.64. The van der Waals surface area contributed by atoms with Gasteiger partial charge in [0.1, 0.15) is 5.75 Å². The summed E-state index contributed by atoms with van der Waals surface area (Å²) in [6.45, 7) is 1.29. The number of methoxy groups -OCH3 is 1. The zero-order valence-electron chi connectivity index (χ0n) is 14.7. The first kappa shape index (κ1) is 22.0. The fraction of sp³-hybridized carbons (Fsp3) is 0.235. The minimum atomic E-state index is -4.49. The van der Waals surface area contributed by atoms with E-state index in [1.807, 2.05) is 0 Å². The maximum atomic E-state index is 12.6. The largest absolute Gasteiger partial charge is 0.495 e. The van der Waals surface area contributed by atoms with Gasteiger partial charge in [-0.15, -0.1) is 0 Å². The summed E-state index contributed by atoms with van der Waals surface area (Å²) in [6.07, 6.45) is -4.49. The Labute approximate surface area is 164 Å². The van der Waals surface area contributed by atoms with Crippen molar-refractivity contribution in [1.82, 2.24) is 4.72 Å². The summed E-state index contributed by atoms with van der Waals surface area (Å²) in [4.78, 5) is 12.0. The van der Waals surface area contributed by atoms with Gasteiger partial charge in [0, 0.05) is 5.69 Å². The SMILES string of the molecule is COc1ccc(S(=O)(=O)N[C@H](C)C(=O)Nc2ccc(C(F)(F)F)cc2)cc1Cl. The molecule has 0 aliphatic carbocycles. The van der Waals surface area contributed by atoms with Crippen molar-refractivity contribution in [3.8, 4) is 5.75 Å². The van der Waals surface area contributed by atoms with Crippen LogP contribution in [0.1, 0.15) is 12.5 Å². The highest BCUT2D eigenvalue weighted by Crippen LogP contribution is 2.30. The van der Waals surface area contributed by atoms with Gasteiger partial charge >= 0.3 is 6.18 Å². The van der Waals surface area contributed by atoms with E-state index >= 15 is 0 Å². The number of anilines is 1. The third-order valence-corrected chi connectivity index (χ3v) is 5.47. The van der Waals surface area contributed by atoms with E-state index in [1.54, 1.807) is 0 Å². The Morgan fingerprint density at radius 1 is 1.14 bits per heavy atom. The van der Waals surface area contributed by atoms with E-state index in [1.165, 1.54) is 32.2 Å². The highest BCUT2D eigenvalue weighted by atomic mass is 35.5. The molecule has 28 heavy (non-hydrogen) atoms. The number of alkyl halides is 3. The van der Waals surface area contributed by atoms with E-state index in [4.69, 9.17) is 16.3 Å². The number of rotatable bonds is 6. The van der Waals surface area contributed by atoms with E-state index in [2.05, 4.69) is 10.0 Å². The van der Waals surface area contributed by atoms with Crippen LogP contribution in [0.4, 0.5) is 18.9 Å². The van der Waals surface area contributed by atoms with Gasteiger partial charge in [-0.25, -0.2) is 8.42 Å². The first-order valence-electron chi connectivity index (χ1n) is 7.78. The summed E-state index contributed by atoms with van der Waals surface area (Å²) >= 11 is 5.91. The molecular weight excluding hydrogens is 421 g/mol. The molecule has 0 saturated heterocycles. The molecule has 2 N–H and O–H groups in total. The molecule has 0 saturated carbocycles. The summed E-state index contributed by atoms with van der Waals surface area (Å²) in [5.74, 6) is -0.461. The van der Waals surface area contributed by atoms with E-state index in [9.17, 15) is 26.4 Å². The Balaban J connectivity index is 2.08. The molecule has 0 radical (unpaired) electrons. The van der Waals surface area contributed by atoms with Crippen LogP contribution in [-0.2, 0) is 21.0 Å². The fourth-order valence-electron chi connectivity index (χ4n) is 2.16. The average Bonchev–Trinajstić information content (AvgIpc) is 2.60. The molecule has 2 rings (SSSR count). The van der Waals surface area contributed by atoms with Crippen molar-refractivity contribution in [2.24, 2.45) is 0 Å². The Kier molecular flexibility index (Phi) is 6.58. The number of nitrogens with one attached hydrogen (secondary N) is 2. The summed E-state index contributed by atoms with van der Waals surface area (Å²) in [6, 6.07) is 6.36. The van der Waals surface area contributed by atoms with Gasteiger partial charge in [-0.3, -0.25) is 4.79 Å². The van der Waals surface area contributed by atoms with Gasteiger partial charge in [0.05, 0.1) is 28.6 Å². The lowest BCUT2D eigenvalue weighted by Crippen LogP contribution is -2.41. The van der Waals surface area contributed by atoms with Crippen molar-refractivity contribution in [1.29, 1.82) is 0 Å². The molecule has 0 aliphatic heterocycles. The normalized spacial score (nSPS) is 13.1. The summed E-state index contributed by atoms with van der Waals surface area (Å²) in [5.41, 5.74) is -0.771. The number of amides is 1. The summed E-state index contributed by atoms with van der Waals surface area (Å²) in [5, 5.41) is 2.42. The van der Waals surface area contributed by atoms with Crippen LogP contribution in [0.25, 0.3) is 0 Å². The van der Waals surface area contributed by atoms with Gasteiger partial charge < -0.3 is 10.1 Å². The van der Waals surface area contributed by atoms with E-state index in [0.717, 1.165) is 24.3 Å². The predicted octanol–water partition coefficient (Wildman–Crippen LogP) is 3.67. The highest BCUT2D eigenvalue weighted by Gasteiger charge is 2.30. The van der Waals surface area contributed by atoms with Crippen LogP contribution in [0.2, 0.25) is 5.02 Å². The zero-order valence-corrected chi connectivity index (χ0v) is 16.2. The maximum Gasteiger partial charge on any atom is 0.416 e. The van der Waals surface area contributed by atoms with Gasteiger partial charge in [0.2, 0.25) is 15.9 Å². The topological polar surface area (TPSA) is 84.5 Å². The van der Waals surface area contributed by atoms with Gasteiger partial charge in [-0.05, 0) is 49.4 Å². The maximum absolute atomic E-state index is 12.6. The molecule has 0 aromatic heterocycles. The quantitative estimate of drug-likeness (QED) is 0.723. The average molecular weight is 437 g/mol. The molecule has 6 nitrogen and oxygen atoms in total. The first-order valence-corrected chi connectivity index (χ1v) is 9.64. The lowest BCUT2D eigenvalue weighted by atomic mass is 10.2. The second kappa shape index (κ2) is 8.38. The number of carbonyl (C=O) groups is 1. The van der Waals surface area contributed by atoms with Crippen molar-refractivity contribution in [2.45, 2.75) is 24.0 Å².